The van der Waals surface area contributed by atoms with Gasteiger partial charge in [-0.3, -0.25) is 14.4 Å². The predicted octanol–water partition coefficient (Wildman–Crippen LogP) is 3.16. The smallest absolute Gasteiger partial charge is 0.269 e. The number of aryl methyl sites for hydroxylation is 1. The van der Waals surface area contributed by atoms with Crippen LogP contribution in [0.1, 0.15) is 5.56 Å². The first kappa shape index (κ1) is 20.6. The first-order valence-corrected chi connectivity index (χ1v) is 12.4. The van der Waals surface area contributed by atoms with Crippen LogP contribution >= 0.6 is 23.1 Å². The van der Waals surface area contributed by atoms with Gasteiger partial charge in [0.2, 0.25) is 5.13 Å². The fourth-order valence-corrected chi connectivity index (χ4v) is 5.64. The third-order valence-electron chi connectivity index (χ3n) is 4.42. The van der Waals surface area contributed by atoms with E-state index < -0.39 is 22.0 Å². The Morgan fingerprint density at radius 1 is 1.23 bits per heavy atom. The molecule has 2 heterocycles. The fourth-order valence-electron chi connectivity index (χ4n) is 2.97. The lowest BCUT2D eigenvalue weighted by atomic mass is 10.1. The number of nitrogens with zero attached hydrogens (tertiary/aromatic N) is 3. The van der Waals surface area contributed by atoms with Gasteiger partial charge in [-0.2, -0.15) is 0 Å². The number of nitrogens with one attached hydrogen (secondary N) is 1. The lowest BCUT2D eigenvalue weighted by Gasteiger charge is -2.34. The van der Waals surface area contributed by atoms with Gasteiger partial charge in [-0.15, -0.1) is 10.2 Å². The maximum absolute atomic E-state index is 13.3. The van der Waals surface area contributed by atoms with Gasteiger partial charge in [0.1, 0.15) is 5.75 Å². The van der Waals surface area contributed by atoms with E-state index in [1.54, 1.807) is 36.4 Å². The van der Waals surface area contributed by atoms with E-state index in [9.17, 15) is 13.2 Å². The van der Waals surface area contributed by atoms with E-state index in [-0.39, 0.29) is 11.4 Å². The maximum atomic E-state index is 13.3. The van der Waals surface area contributed by atoms with Crippen molar-refractivity contribution in [3.8, 4) is 5.75 Å². The zero-order valence-electron chi connectivity index (χ0n) is 16.1. The highest BCUT2D eigenvalue weighted by atomic mass is 32.2. The molecule has 1 aromatic heterocycles. The lowest BCUT2D eigenvalue weighted by Crippen LogP contribution is -2.48. The van der Waals surface area contributed by atoms with E-state index in [1.165, 1.54) is 39.5 Å². The molecule has 0 radical (unpaired) electrons. The largest absolute Gasteiger partial charge is 0.476 e. The highest BCUT2D eigenvalue weighted by molar-refractivity contribution is 8.00. The molecule has 0 fully saturated rings. The summed E-state index contributed by atoms with van der Waals surface area (Å²) < 4.78 is 34.4. The molecule has 0 saturated carbocycles. The van der Waals surface area contributed by atoms with Crippen molar-refractivity contribution in [3.63, 3.8) is 0 Å². The minimum absolute atomic E-state index is 0.145. The summed E-state index contributed by atoms with van der Waals surface area (Å²) in [6.07, 6.45) is 0.821. The van der Waals surface area contributed by atoms with Crippen LogP contribution in [-0.2, 0) is 14.8 Å². The Labute approximate surface area is 182 Å². The number of sulfonamides is 1. The molecular formula is C19H18N4O4S3. The normalized spacial score (nSPS) is 15.9. The van der Waals surface area contributed by atoms with Crippen LogP contribution in [0.3, 0.4) is 0 Å². The third-order valence-corrected chi connectivity index (χ3v) is 8.03. The first-order valence-electron chi connectivity index (χ1n) is 8.92. The molecule has 0 spiro atoms. The van der Waals surface area contributed by atoms with Crippen molar-refractivity contribution in [2.45, 2.75) is 22.3 Å². The summed E-state index contributed by atoms with van der Waals surface area (Å²) in [6.45, 7) is 1.71. The standard InChI is InChI=1S/C19H18N4O4S3/c1-12-8-9-14-15(10-12)27-16(17(24)20-18-21-22-19(28-2)29-18)11-23(14)30(25,26)13-6-4-3-5-7-13/h3-10,16H,11H2,1-2H3,(H,20,21,24)/t16-/m1/s1. The van der Waals surface area contributed by atoms with Crippen LogP contribution in [0.2, 0.25) is 0 Å². The molecule has 0 bridgehead atoms. The van der Waals surface area contributed by atoms with Gasteiger partial charge in [-0.1, -0.05) is 47.4 Å². The van der Waals surface area contributed by atoms with Crippen molar-refractivity contribution < 1.29 is 17.9 Å². The topological polar surface area (TPSA) is 101 Å². The quantitative estimate of drug-likeness (QED) is 0.459. The Kier molecular flexibility index (Phi) is 5.67. The lowest BCUT2D eigenvalue weighted by molar-refractivity contribution is -0.122. The summed E-state index contributed by atoms with van der Waals surface area (Å²) in [4.78, 5) is 13.0. The fraction of sp³-hybridized carbons (Fsp3) is 0.211. The van der Waals surface area contributed by atoms with E-state index in [0.29, 0.717) is 20.9 Å². The number of rotatable bonds is 5. The third kappa shape index (κ3) is 4.00. The van der Waals surface area contributed by atoms with E-state index in [2.05, 4.69) is 15.5 Å². The number of ether oxygens (including phenoxy) is 1. The minimum atomic E-state index is -3.88. The SMILES string of the molecule is CSc1nnc(NC(=O)[C@H]2CN(S(=O)(=O)c3ccccc3)c3ccc(C)cc3O2)s1. The van der Waals surface area contributed by atoms with Crippen LogP contribution in [0.25, 0.3) is 0 Å². The molecular weight excluding hydrogens is 444 g/mol. The van der Waals surface area contributed by atoms with E-state index in [1.807, 2.05) is 13.2 Å². The molecule has 0 aliphatic carbocycles. The second-order valence-corrected chi connectivity index (χ2v) is 10.4. The van der Waals surface area contributed by atoms with Crippen LogP contribution in [-0.4, -0.2) is 43.4 Å². The summed E-state index contributed by atoms with van der Waals surface area (Å²) in [5.41, 5.74) is 1.29. The molecule has 0 unspecified atom stereocenters. The average molecular weight is 463 g/mol. The summed E-state index contributed by atoms with van der Waals surface area (Å²) in [5.74, 6) is -0.151. The summed E-state index contributed by atoms with van der Waals surface area (Å²) in [6, 6.07) is 13.3. The number of carbonyl (C=O) groups excluding carboxylic acids is 1. The van der Waals surface area contributed by atoms with Crippen LogP contribution in [0.15, 0.2) is 57.8 Å². The van der Waals surface area contributed by atoms with Crippen molar-refractivity contribution in [2.75, 3.05) is 22.4 Å². The summed E-state index contributed by atoms with van der Waals surface area (Å²) in [7, 11) is -3.88. The van der Waals surface area contributed by atoms with Gasteiger partial charge in [0.25, 0.3) is 15.9 Å². The highest BCUT2D eigenvalue weighted by Gasteiger charge is 2.37. The van der Waals surface area contributed by atoms with Gasteiger partial charge in [0.05, 0.1) is 17.1 Å². The van der Waals surface area contributed by atoms with Crippen molar-refractivity contribution in [1.29, 1.82) is 0 Å². The number of hydrogen-bond acceptors (Lipinski definition) is 8. The molecule has 156 valence electrons. The second kappa shape index (κ2) is 8.25. The number of thioether (sulfide) groups is 1. The van der Waals surface area contributed by atoms with Crippen molar-refractivity contribution in [1.82, 2.24) is 10.2 Å². The predicted molar refractivity (Wildman–Crippen MR) is 117 cm³/mol. The van der Waals surface area contributed by atoms with Gasteiger partial charge in [-0.05, 0) is 43.0 Å². The van der Waals surface area contributed by atoms with Crippen LogP contribution in [0.5, 0.6) is 5.75 Å². The maximum Gasteiger partial charge on any atom is 0.269 e. The van der Waals surface area contributed by atoms with Gasteiger partial charge in [0, 0.05) is 0 Å². The Morgan fingerprint density at radius 3 is 2.70 bits per heavy atom. The Bertz CT molecular complexity index is 1180. The van der Waals surface area contributed by atoms with Crippen LogP contribution in [0.4, 0.5) is 10.8 Å². The van der Waals surface area contributed by atoms with E-state index in [4.69, 9.17) is 4.74 Å². The molecule has 1 aliphatic heterocycles. The number of fused-ring (bicyclic) bond motifs is 1. The molecule has 2 aromatic carbocycles. The molecule has 3 aromatic rings. The van der Waals surface area contributed by atoms with Crippen molar-refractivity contribution >= 4 is 49.8 Å². The Hall–Kier alpha value is -2.63. The van der Waals surface area contributed by atoms with Gasteiger partial charge < -0.3 is 4.74 Å². The molecule has 1 N–H and O–H groups in total. The Morgan fingerprint density at radius 2 is 2.00 bits per heavy atom. The van der Waals surface area contributed by atoms with E-state index in [0.717, 1.165) is 5.56 Å². The van der Waals surface area contributed by atoms with Crippen LogP contribution < -0.4 is 14.4 Å². The van der Waals surface area contributed by atoms with Gasteiger partial charge in [-0.25, -0.2) is 8.42 Å². The first-order chi connectivity index (χ1) is 14.4. The molecule has 1 amide bonds. The second-order valence-electron chi connectivity index (χ2n) is 6.49. The summed E-state index contributed by atoms with van der Waals surface area (Å²) >= 11 is 2.66. The zero-order chi connectivity index (χ0) is 21.3. The van der Waals surface area contributed by atoms with E-state index >= 15 is 0 Å². The molecule has 30 heavy (non-hydrogen) atoms. The molecule has 1 atom stereocenters. The molecule has 11 heteroatoms. The highest BCUT2D eigenvalue weighted by Crippen LogP contribution is 2.38. The van der Waals surface area contributed by atoms with Gasteiger partial charge >= 0.3 is 0 Å². The number of benzene rings is 2. The van der Waals surface area contributed by atoms with Crippen LogP contribution in [0, 0.1) is 6.92 Å². The Balaban J connectivity index is 1.67. The van der Waals surface area contributed by atoms with Gasteiger partial charge in [0.15, 0.2) is 10.4 Å². The summed E-state index contributed by atoms with van der Waals surface area (Å²) in [5, 5.41) is 10.9. The molecule has 1 aliphatic rings. The monoisotopic (exact) mass is 462 g/mol. The molecule has 0 saturated heterocycles. The number of aromatic nitrogens is 2. The number of amides is 1. The minimum Gasteiger partial charge on any atom is -0.476 e. The zero-order valence-corrected chi connectivity index (χ0v) is 18.6. The molecule has 8 nitrogen and oxygen atoms in total. The average Bonchev–Trinajstić information content (AvgIpc) is 3.20. The number of anilines is 2. The van der Waals surface area contributed by atoms with Crippen molar-refractivity contribution in [3.05, 3.63) is 54.1 Å². The number of hydrogen-bond donors (Lipinski definition) is 1. The van der Waals surface area contributed by atoms with Crippen molar-refractivity contribution in [2.24, 2.45) is 0 Å². The number of carbonyl (C=O) groups is 1. The molecule has 4 rings (SSSR count).